The van der Waals surface area contributed by atoms with Crippen molar-refractivity contribution < 1.29 is 15.7 Å². The molecule has 0 unspecified atom stereocenters. The molecule has 0 spiro atoms. The molecule has 2 heteroatoms. The molecule has 10 rings (SSSR count). The Bertz CT molecular complexity index is 3070. The third kappa shape index (κ3) is 3.71. The molecule has 214 valence electrons. The molecule has 0 radical (unpaired) electrons. The van der Waals surface area contributed by atoms with Crippen LogP contribution in [0.2, 0.25) is 0 Å². The van der Waals surface area contributed by atoms with Gasteiger partial charge in [-0.3, -0.25) is 0 Å². The minimum atomic E-state index is -0.412. The third-order valence-electron chi connectivity index (χ3n) is 9.21. The fourth-order valence-electron chi connectivity index (χ4n) is 7.16. The highest BCUT2D eigenvalue weighted by molar-refractivity contribution is 6.24. The maximum Gasteiger partial charge on any atom is 0.136 e. The lowest BCUT2D eigenvalue weighted by Crippen LogP contribution is -1.92. The first-order chi connectivity index (χ1) is 24.9. The Morgan fingerprint density at radius 1 is 0.413 bits per heavy atom. The van der Waals surface area contributed by atoms with Gasteiger partial charge < -0.3 is 8.83 Å². The zero-order chi connectivity index (χ0) is 34.5. The summed E-state index contributed by atoms with van der Waals surface area (Å²) in [7, 11) is 0. The van der Waals surface area contributed by atoms with Crippen molar-refractivity contribution in [2.75, 3.05) is 0 Å². The van der Waals surface area contributed by atoms with Crippen molar-refractivity contribution in [1.82, 2.24) is 0 Å². The quantitative estimate of drug-likeness (QED) is 0.191. The average Bonchev–Trinajstić information content (AvgIpc) is 3.79. The molecule has 8 aromatic carbocycles. The van der Waals surface area contributed by atoms with Gasteiger partial charge in [-0.05, 0) is 102 Å². The second kappa shape index (κ2) is 9.69. The molecule has 0 bridgehead atoms. The summed E-state index contributed by atoms with van der Waals surface area (Å²) in [5, 5.41) is 9.32. The lowest BCUT2D eigenvalue weighted by Gasteiger charge is -2.19. The Balaban J connectivity index is 1.34. The number of benzene rings is 8. The summed E-state index contributed by atoms with van der Waals surface area (Å²) < 4.78 is 54.7. The Morgan fingerprint density at radius 3 is 1.93 bits per heavy atom. The molecule has 0 aliphatic carbocycles. The van der Waals surface area contributed by atoms with Crippen molar-refractivity contribution in [3.63, 3.8) is 0 Å². The molecule has 0 fully saturated rings. The molecule has 2 nitrogen and oxygen atoms in total. The van der Waals surface area contributed by atoms with Crippen LogP contribution < -0.4 is 0 Å². The highest BCUT2D eigenvalue weighted by atomic mass is 16.3. The van der Waals surface area contributed by atoms with Gasteiger partial charge in [-0.1, -0.05) is 115 Å². The van der Waals surface area contributed by atoms with Crippen LogP contribution in [0.4, 0.5) is 0 Å². The summed E-state index contributed by atoms with van der Waals surface area (Å²) >= 11 is 0. The zero-order valence-electron chi connectivity index (χ0n) is 29.4. The van der Waals surface area contributed by atoms with Gasteiger partial charge in [0.15, 0.2) is 0 Å². The van der Waals surface area contributed by atoms with Crippen LogP contribution in [0.25, 0.3) is 98.6 Å². The second-order valence-corrected chi connectivity index (χ2v) is 11.7. The second-order valence-electron chi connectivity index (χ2n) is 11.7. The van der Waals surface area contributed by atoms with Crippen LogP contribution in [-0.4, -0.2) is 0 Å². The lowest BCUT2D eigenvalue weighted by atomic mass is 9.84. The van der Waals surface area contributed by atoms with Crippen molar-refractivity contribution in [1.29, 1.82) is 0 Å². The third-order valence-corrected chi connectivity index (χ3v) is 9.21. The summed E-state index contributed by atoms with van der Waals surface area (Å²) in [5.74, 6) is 0. The van der Waals surface area contributed by atoms with Gasteiger partial charge in [0.2, 0.25) is 0 Å². The van der Waals surface area contributed by atoms with E-state index in [-0.39, 0.29) is 29.7 Å². The van der Waals surface area contributed by atoms with Crippen LogP contribution >= 0.6 is 0 Å². The van der Waals surface area contributed by atoms with Gasteiger partial charge >= 0.3 is 0 Å². The molecule has 0 aliphatic rings. The summed E-state index contributed by atoms with van der Waals surface area (Å²) in [6.45, 7) is 0. The fourth-order valence-corrected chi connectivity index (χ4v) is 7.16. The van der Waals surface area contributed by atoms with Crippen molar-refractivity contribution in [2.24, 2.45) is 0 Å². The highest BCUT2D eigenvalue weighted by Crippen LogP contribution is 2.46. The Hall–Kier alpha value is -6.12. The molecular formula is C44H26O2. The number of furan rings is 2. The van der Waals surface area contributed by atoms with Crippen LogP contribution in [-0.2, 0) is 0 Å². The molecule has 10 aromatic rings. The topological polar surface area (TPSA) is 26.3 Å². The predicted molar refractivity (Wildman–Crippen MR) is 192 cm³/mol. The van der Waals surface area contributed by atoms with E-state index in [9.17, 15) is 0 Å². The van der Waals surface area contributed by atoms with Gasteiger partial charge in [0.25, 0.3) is 0 Å². The summed E-state index contributed by atoms with van der Waals surface area (Å²) in [4.78, 5) is 0. The van der Waals surface area contributed by atoms with Crippen LogP contribution in [0.15, 0.2) is 167 Å². The predicted octanol–water partition coefficient (Wildman–Crippen LogP) is 12.8. The van der Waals surface area contributed by atoms with Gasteiger partial charge in [-0.15, -0.1) is 0 Å². The van der Waals surface area contributed by atoms with E-state index in [4.69, 9.17) is 15.7 Å². The molecule has 0 saturated carbocycles. The number of hydrogen-bond donors (Lipinski definition) is 0. The van der Waals surface area contributed by atoms with Gasteiger partial charge in [0.05, 0.1) is 13.1 Å². The lowest BCUT2D eigenvalue weighted by molar-refractivity contribution is 0.616. The number of rotatable bonds is 3. The zero-order valence-corrected chi connectivity index (χ0v) is 24.4. The largest absolute Gasteiger partial charge is 0.464 e. The maximum absolute atomic E-state index is 8.77. The fraction of sp³-hybridized carbons (Fsp3) is 0. The van der Waals surface area contributed by atoms with Crippen LogP contribution in [0.1, 0.15) is 6.85 Å². The molecule has 2 heterocycles. The van der Waals surface area contributed by atoms with E-state index in [1.807, 2.05) is 60.7 Å². The summed E-state index contributed by atoms with van der Waals surface area (Å²) in [6, 6.07) is 39.6. The van der Waals surface area contributed by atoms with E-state index >= 15 is 0 Å². The molecular weight excluding hydrogens is 560 g/mol. The minimum Gasteiger partial charge on any atom is -0.464 e. The Kier molecular flexibility index (Phi) is 4.37. The van der Waals surface area contributed by atoms with Gasteiger partial charge in [-0.2, -0.15) is 0 Å². The highest BCUT2D eigenvalue weighted by Gasteiger charge is 2.19. The van der Waals surface area contributed by atoms with E-state index in [1.54, 1.807) is 6.26 Å². The molecule has 0 amide bonds. The first kappa shape index (κ1) is 20.8. The number of hydrogen-bond acceptors (Lipinski definition) is 2. The molecule has 46 heavy (non-hydrogen) atoms. The maximum atomic E-state index is 8.77. The van der Waals surface area contributed by atoms with E-state index in [0.29, 0.717) is 5.56 Å². The van der Waals surface area contributed by atoms with Gasteiger partial charge in [-0.25, -0.2) is 0 Å². The monoisotopic (exact) mass is 591 g/mol. The number of fused-ring (bicyclic) bond motifs is 8. The smallest absolute Gasteiger partial charge is 0.136 e. The van der Waals surface area contributed by atoms with Crippen LogP contribution in [0.3, 0.4) is 0 Å². The SMILES string of the molecule is [2H]c1c([2H])c([2H])c(-c2ccc3c(-c4ccc5oc6ccc7ccccc7c6c5c4)c4ccccc4c(-c4ccc5ccoc5c4)c3c2)c([2H])c1[2H]. The summed E-state index contributed by atoms with van der Waals surface area (Å²) in [5.41, 5.74) is 7.10. The normalized spacial score (nSPS) is 13.4. The van der Waals surface area contributed by atoms with Crippen molar-refractivity contribution in [2.45, 2.75) is 0 Å². The van der Waals surface area contributed by atoms with E-state index in [2.05, 4.69) is 60.7 Å². The van der Waals surface area contributed by atoms with Crippen LogP contribution in [0.5, 0.6) is 0 Å². The van der Waals surface area contributed by atoms with Crippen LogP contribution in [0, 0.1) is 0 Å². The molecule has 0 N–H and O–H groups in total. The van der Waals surface area contributed by atoms with Gasteiger partial charge in [0.1, 0.15) is 16.7 Å². The average molecular weight is 592 g/mol. The van der Waals surface area contributed by atoms with E-state index < -0.39 is 6.04 Å². The van der Waals surface area contributed by atoms with E-state index in [0.717, 1.165) is 87.5 Å². The molecule has 0 atom stereocenters. The molecule has 0 saturated heterocycles. The molecule has 0 aliphatic heterocycles. The van der Waals surface area contributed by atoms with Crippen molar-refractivity contribution in [3.8, 4) is 33.4 Å². The minimum absolute atomic E-state index is 0.170. The Morgan fingerprint density at radius 2 is 1.07 bits per heavy atom. The van der Waals surface area contributed by atoms with Crippen molar-refractivity contribution >= 4 is 65.2 Å². The first-order valence-electron chi connectivity index (χ1n) is 17.7. The molecule has 2 aromatic heterocycles. The Labute approximate surface area is 271 Å². The van der Waals surface area contributed by atoms with Gasteiger partial charge in [0, 0.05) is 16.2 Å². The summed E-state index contributed by atoms with van der Waals surface area (Å²) in [6.07, 6.45) is 1.68. The van der Waals surface area contributed by atoms with Crippen molar-refractivity contribution in [3.05, 3.63) is 158 Å². The van der Waals surface area contributed by atoms with E-state index in [1.165, 1.54) is 0 Å². The standard InChI is InChI=1S/C44H26O2/c1-2-8-27(9-3-1)30-16-19-36-37(24-30)43(32-15-14-29-22-23-45-41(29)26-32)35-13-7-6-12-34(35)42(36)31-18-20-39-38(25-31)44-33-11-5-4-10-28(33)17-21-40(44)46-39/h1-26H/i1D,2D,3D,8D,9D. The first-order valence-corrected chi connectivity index (χ1v) is 15.2.